The summed E-state index contributed by atoms with van der Waals surface area (Å²) < 4.78 is 11.5. The number of ether oxygens (including phenoxy) is 2. The largest absolute Gasteiger partial charge is 0.504 e. The number of rotatable bonds is 3. The zero-order valence-corrected chi connectivity index (χ0v) is 17.1. The molecule has 6 heteroatoms. The molecule has 4 rings (SSSR count). The van der Waals surface area contributed by atoms with Crippen LogP contribution in [-0.2, 0) is 9.53 Å². The highest BCUT2D eigenvalue weighted by Gasteiger charge is 2.68. The Hall–Kier alpha value is -1.46. The van der Waals surface area contributed by atoms with Crippen LogP contribution in [0, 0.1) is 22.7 Å². The first kappa shape index (κ1) is 18.9. The van der Waals surface area contributed by atoms with Gasteiger partial charge in [0, 0.05) is 31.2 Å². The molecular formula is C21H28ClNO4. The number of phenols is 1. The molecule has 3 aliphatic rings. The first-order valence-electron chi connectivity index (χ1n) is 9.66. The second-order valence-corrected chi connectivity index (χ2v) is 9.43. The van der Waals surface area contributed by atoms with E-state index in [-0.39, 0.29) is 40.6 Å². The molecule has 148 valence electrons. The molecule has 2 saturated carbocycles. The number of carbonyl (C=O) groups is 1. The quantitative estimate of drug-likeness (QED) is 0.812. The van der Waals surface area contributed by atoms with Gasteiger partial charge in [0.05, 0.1) is 18.2 Å². The molecule has 1 heterocycles. The van der Waals surface area contributed by atoms with Crippen LogP contribution >= 0.6 is 11.6 Å². The lowest BCUT2D eigenvalue weighted by atomic mass is 9.59. The Morgan fingerprint density at radius 1 is 1.41 bits per heavy atom. The first-order chi connectivity index (χ1) is 12.7. The minimum absolute atomic E-state index is 0.0250. The summed E-state index contributed by atoms with van der Waals surface area (Å²) in [4.78, 5) is 12.0. The molecule has 1 aliphatic heterocycles. The number of hydrogen-bond acceptors (Lipinski definition) is 4. The normalized spacial score (nSPS) is 36.3. The van der Waals surface area contributed by atoms with E-state index in [0.717, 1.165) is 24.8 Å². The Balaban J connectivity index is 1.75. The van der Waals surface area contributed by atoms with Gasteiger partial charge in [0.25, 0.3) is 0 Å². The summed E-state index contributed by atoms with van der Waals surface area (Å²) in [6.45, 7) is 6.81. The van der Waals surface area contributed by atoms with Gasteiger partial charge in [0.2, 0.25) is 5.91 Å². The average Bonchev–Trinajstić information content (AvgIpc) is 3.08. The van der Waals surface area contributed by atoms with E-state index in [1.165, 1.54) is 13.2 Å². The molecule has 1 aromatic rings. The minimum Gasteiger partial charge on any atom is -0.504 e. The van der Waals surface area contributed by atoms with Crippen LogP contribution in [0.2, 0.25) is 5.02 Å². The van der Waals surface area contributed by atoms with Gasteiger partial charge in [-0.05, 0) is 48.0 Å². The Morgan fingerprint density at radius 3 is 2.81 bits per heavy atom. The maximum atomic E-state index is 12.0. The van der Waals surface area contributed by atoms with E-state index in [1.54, 1.807) is 13.0 Å². The lowest BCUT2D eigenvalue weighted by Gasteiger charge is -2.53. The molecule has 1 amide bonds. The highest BCUT2D eigenvalue weighted by molar-refractivity contribution is 6.31. The summed E-state index contributed by atoms with van der Waals surface area (Å²) in [7, 11) is 1.53. The number of fused-ring (bicyclic) bond motifs is 1. The molecule has 0 aromatic heterocycles. The Morgan fingerprint density at radius 2 is 2.15 bits per heavy atom. The van der Waals surface area contributed by atoms with E-state index in [1.807, 2.05) is 0 Å². The van der Waals surface area contributed by atoms with Gasteiger partial charge in [0.1, 0.15) is 0 Å². The average molecular weight is 394 g/mol. The van der Waals surface area contributed by atoms with E-state index in [4.69, 9.17) is 21.1 Å². The minimum atomic E-state index is -0.155. The number of benzene rings is 1. The molecular weight excluding hydrogens is 366 g/mol. The van der Waals surface area contributed by atoms with Gasteiger partial charge >= 0.3 is 0 Å². The van der Waals surface area contributed by atoms with Crippen LogP contribution in [0.3, 0.4) is 0 Å². The SMILES string of the molecule is COc1cc([C@H]2OCC[C@@]34C[C@@H](C[C@H]23)C(C)(C)[C@@H]4NC(C)=O)c(Cl)cc1O. The lowest BCUT2D eigenvalue weighted by Crippen LogP contribution is -2.58. The summed E-state index contributed by atoms with van der Waals surface area (Å²) >= 11 is 6.49. The van der Waals surface area contributed by atoms with E-state index < -0.39 is 0 Å². The standard InChI is InChI=1S/C21H28ClNO4/c1-11(24)23-19-20(2,3)12-7-14-18(27-6-5-21(14,19)10-12)13-8-17(26-4)16(25)9-15(13)22/h8-9,12,14,18-19,25H,5-7,10H2,1-4H3,(H,23,24)/t12-,14-,18-,19+,21-/m1/s1. The molecule has 2 aliphatic carbocycles. The van der Waals surface area contributed by atoms with E-state index in [0.29, 0.717) is 23.3 Å². The van der Waals surface area contributed by atoms with Crippen molar-refractivity contribution in [1.82, 2.24) is 5.32 Å². The Labute approximate surface area is 165 Å². The Bertz CT molecular complexity index is 780. The lowest BCUT2D eigenvalue weighted by molar-refractivity contribution is -0.136. The first-order valence-corrected chi connectivity index (χ1v) is 10.0. The summed E-state index contributed by atoms with van der Waals surface area (Å²) in [6.07, 6.45) is 2.97. The fraction of sp³-hybridized carbons (Fsp3) is 0.667. The third kappa shape index (κ3) is 2.65. The highest BCUT2D eigenvalue weighted by atomic mass is 35.5. The number of hydrogen-bond donors (Lipinski definition) is 2. The Kier molecular flexibility index (Phi) is 4.39. The zero-order valence-electron chi connectivity index (χ0n) is 16.3. The van der Waals surface area contributed by atoms with Crippen LogP contribution < -0.4 is 10.1 Å². The molecule has 0 radical (unpaired) electrons. The summed E-state index contributed by atoms with van der Waals surface area (Å²) in [5, 5.41) is 13.8. The van der Waals surface area contributed by atoms with Crippen molar-refractivity contribution in [2.75, 3.05) is 13.7 Å². The van der Waals surface area contributed by atoms with Gasteiger partial charge in [-0.3, -0.25) is 4.79 Å². The van der Waals surface area contributed by atoms with Crippen LogP contribution in [0.4, 0.5) is 0 Å². The third-order valence-corrected chi connectivity index (χ3v) is 7.78. The summed E-state index contributed by atoms with van der Waals surface area (Å²) in [5.41, 5.74) is 0.958. The number of phenolic OH excluding ortho intramolecular Hbond substituents is 1. The highest BCUT2D eigenvalue weighted by Crippen LogP contribution is 2.70. The molecule has 5 nitrogen and oxygen atoms in total. The predicted octanol–water partition coefficient (Wildman–Crippen LogP) is 4.07. The molecule has 3 fully saturated rings. The molecule has 2 bridgehead atoms. The number of amides is 1. The van der Waals surface area contributed by atoms with Crippen molar-refractivity contribution in [3.8, 4) is 11.5 Å². The van der Waals surface area contributed by atoms with Crippen LogP contribution in [-0.4, -0.2) is 30.8 Å². The third-order valence-electron chi connectivity index (χ3n) is 7.46. The zero-order chi connectivity index (χ0) is 19.6. The van der Waals surface area contributed by atoms with Crippen LogP contribution in [0.5, 0.6) is 11.5 Å². The van der Waals surface area contributed by atoms with Gasteiger partial charge in [-0.15, -0.1) is 0 Å². The van der Waals surface area contributed by atoms with E-state index >= 15 is 0 Å². The molecule has 1 aromatic carbocycles. The van der Waals surface area contributed by atoms with Gasteiger partial charge in [-0.25, -0.2) is 0 Å². The topological polar surface area (TPSA) is 67.8 Å². The molecule has 2 N–H and O–H groups in total. The van der Waals surface area contributed by atoms with Gasteiger partial charge in [-0.1, -0.05) is 25.4 Å². The predicted molar refractivity (Wildman–Crippen MR) is 103 cm³/mol. The van der Waals surface area contributed by atoms with Crippen molar-refractivity contribution in [3.05, 3.63) is 22.7 Å². The maximum absolute atomic E-state index is 12.0. The molecule has 5 atom stereocenters. The number of nitrogens with one attached hydrogen (secondary N) is 1. The number of methoxy groups -OCH3 is 1. The van der Waals surface area contributed by atoms with Crippen molar-refractivity contribution in [2.24, 2.45) is 22.7 Å². The van der Waals surface area contributed by atoms with Crippen LogP contribution in [0.15, 0.2) is 12.1 Å². The van der Waals surface area contributed by atoms with Crippen molar-refractivity contribution in [3.63, 3.8) is 0 Å². The van der Waals surface area contributed by atoms with E-state index in [2.05, 4.69) is 19.2 Å². The second kappa shape index (κ2) is 6.28. The molecule has 0 unspecified atom stereocenters. The van der Waals surface area contributed by atoms with Crippen molar-refractivity contribution in [1.29, 1.82) is 0 Å². The monoisotopic (exact) mass is 393 g/mol. The molecule has 1 saturated heterocycles. The number of halogens is 1. The fourth-order valence-electron chi connectivity index (χ4n) is 6.24. The summed E-state index contributed by atoms with van der Waals surface area (Å²) in [6, 6.07) is 3.46. The van der Waals surface area contributed by atoms with Crippen molar-refractivity contribution in [2.45, 2.75) is 52.2 Å². The van der Waals surface area contributed by atoms with E-state index in [9.17, 15) is 9.90 Å². The van der Waals surface area contributed by atoms with Gasteiger partial charge in [-0.2, -0.15) is 0 Å². The smallest absolute Gasteiger partial charge is 0.217 e. The van der Waals surface area contributed by atoms with Crippen LogP contribution in [0.25, 0.3) is 0 Å². The second-order valence-electron chi connectivity index (χ2n) is 9.02. The van der Waals surface area contributed by atoms with Gasteiger partial charge < -0.3 is 19.9 Å². The van der Waals surface area contributed by atoms with Crippen molar-refractivity contribution >= 4 is 17.5 Å². The number of aromatic hydroxyl groups is 1. The maximum Gasteiger partial charge on any atom is 0.217 e. The summed E-state index contributed by atoms with van der Waals surface area (Å²) in [5.74, 6) is 1.29. The fourth-order valence-corrected chi connectivity index (χ4v) is 6.50. The molecule has 1 spiro atoms. The van der Waals surface area contributed by atoms with Crippen molar-refractivity contribution < 1.29 is 19.4 Å². The number of carbonyl (C=O) groups excluding carboxylic acids is 1. The van der Waals surface area contributed by atoms with Gasteiger partial charge in [0.15, 0.2) is 11.5 Å². The van der Waals surface area contributed by atoms with Crippen LogP contribution in [0.1, 0.15) is 51.7 Å². The molecule has 27 heavy (non-hydrogen) atoms.